The van der Waals surface area contributed by atoms with Crippen LogP contribution in [0.1, 0.15) is 71.3 Å². The fourth-order valence-electron chi connectivity index (χ4n) is 5.10. The van der Waals surface area contributed by atoms with Crippen LogP contribution in [0.5, 0.6) is 11.6 Å². The van der Waals surface area contributed by atoms with E-state index in [1.807, 2.05) is 36.4 Å². The van der Waals surface area contributed by atoms with Crippen LogP contribution in [0.3, 0.4) is 0 Å². The summed E-state index contributed by atoms with van der Waals surface area (Å²) >= 11 is 0. The molecule has 1 unspecified atom stereocenters. The molecule has 35 heavy (non-hydrogen) atoms. The number of benzene rings is 1. The van der Waals surface area contributed by atoms with Gasteiger partial charge < -0.3 is 20.7 Å². The van der Waals surface area contributed by atoms with Gasteiger partial charge in [0.15, 0.2) is 5.96 Å². The second-order valence-electron chi connectivity index (χ2n) is 11.0. The summed E-state index contributed by atoms with van der Waals surface area (Å²) in [6.07, 6.45) is 10.6. The molecule has 1 fully saturated rings. The molecule has 1 atom stereocenters. The number of guanidine groups is 1. The third-order valence-electron chi connectivity index (χ3n) is 7.04. The van der Waals surface area contributed by atoms with E-state index in [2.05, 4.69) is 36.0 Å². The summed E-state index contributed by atoms with van der Waals surface area (Å²) in [6, 6.07) is 12.2. The Morgan fingerprint density at radius 2 is 1.86 bits per heavy atom. The smallest absolute Gasteiger partial charge is 0.219 e. The van der Waals surface area contributed by atoms with Gasteiger partial charge in [0.25, 0.3) is 0 Å². The molecule has 2 aromatic rings. The van der Waals surface area contributed by atoms with Gasteiger partial charge in [-0.2, -0.15) is 0 Å². The van der Waals surface area contributed by atoms with Crippen molar-refractivity contribution in [2.45, 2.75) is 78.3 Å². The van der Waals surface area contributed by atoms with Gasteiger partial charge in [-0.1, -0.05) is 58.2 Å². The van der Waals surface area contributed by atoms with Crippen molar-refractivity contribution in [1.29, 1.82) is 0 Å². The van der Waals surface area contributed by atoms with Gasteiger partial charge in [-0.15, -0.1) is 12.4 Å². The molecule has 0 spiro atoms. The largest absolute Gasteiger partial charge is 0.439 e. The molecule has 6 nitrogen and oxygen atoms in total. The molecule has 4 rings (SSSR count). The summed E-state index contributed by atoms with van der Waals surface area (Å²) in [4.78, 5) is 11.6. The maximum atomic E-state index is 6.55. The van der Waals surface area contributed by atoms with Crippen LogP contribution < -0.4 is 15.8 Å². The van der Waals surface area contributed by atoms with Gasteiger partial charge in [-0.3, -0.25) is 0 Å². The zero-order valence-corrected chi connectivity index (χ0v) is 22.3. The highest BCUT2D eigenvalue weighted by Crippen LogP contribution is 2.35. The normalized spacial score (nSPS) is 17.2. The molecule has 3 N–H and O–H groups in total. The van der Waals surface area contributed by atoms with Crippen LogP contribution in [-0.4, -0.2) is 35.0 Å². The van der Waals surface area contributed by atoms with Crippen LogP contribution in [0, 0.1) is 11.3 Å². The summed E-state index contributed by atoms with van der Waals surface area (Å²) in [5.74, 6) is 2.66. The number of nitrogens with two attached hydrogens (primary N) is 1. The first-order valence-electron chi connectivity index (χ1n) is 12.9. The molecule has 192 valence electrons. The first kappa shape index (κ1) is 27.3. The van der Waals surface area contributed by atoms with E-state index in [4.69, 9.17) is 15.5 Å². The van der Waals surface area contributed by atoms with Crippen LogP contribution in [0.15, 0.2) is 47.6 Å². The zero-order valence-electron chi connectivity index (χ0n) is 21.5. The van der Waals surface area contributed by atoms with E-state index in [0.717, 1.165) is 43.1 Å². The van der Waals surface area contributed by atoms with E-state index in [-0.39, 0.29) is 12.4 Å². The maximum Gasteiger partial charge on any atom is 0.219 e. The van der Waals surface area contributed by atoms with Gasteiger partial charge in [0.1, 0.15) is 5.75 Å². The van der Waals surface area contributed by atoms with Crippen molar-refractivity contribution < 1.29 is 4.74 Å². The highest BCUT2D eigenvalue weighted by atomic mass is 35.5. The minimum absolute atomic E-state index is 0. The number of rotatable bonds is 9. The van der Waals surface area contributed by atoms with E-state index < -0.39 is 0 Å². The van der Waals surface area contributed by atoms with Crippen molar-refractivity contribution in [3.8, 4) is 11.6 Å². The number of nitrogens with zero attached hydrogens (tertiary/aromatic N) is 3. The van der Waals surface area contributed by atoms with E-state index in [1.165, 1.54) is 38.5 Å². The van der Waals surface area contributed by atoms with Crippen molar-refractivity contribution in [1.82, 2.24) is 15.2 Å². The lowest BCUT2D eigenvalue weighted by molar-refractivity contribution is 0.164. The van der Waals surface area contributed by atoms with Gasteiger partial charge in [0, 0.05) is 24.2 Å². The number of hydrogen-bond acceptors (Lipinski definition) is 6. The first-order chi connectivity index (χ1) is 16.4. The monoisotopic (exact) mass is 499 g/mol. The summed E-state index contributed by atoms with van der Waals surface area (Å²) in [5, 5.41) is 3.68. The van der Waals surface area contributed by atoms with Crippen molar-refractivity contribution in [3.05, 3.63) is 48.2 Å². The predicted molar refractivity (Wildman–Crippen MR) is 147 cm³/mol. The van der Waals surface area contributed by atoms with E-state index in [9.17, 15) is 0 Å². The Bertz CT molecular complexity index is 954. The number of halogens is 1. The van der Waals surface area contributed by atoms with Gasteiger partial charge in [-0.05, 0) is 62.2 Å². The minimum Gasteiger partial charge on any atom is -0.439 e. The molecule has 1 aliphatic carbocycles. The number of nitrogens with one attached hydrogen (secondary N) is 1. The number of aliphatic imine (C=N–C) groups is 1. The molecule has 1 aliphatic heterocycles. The summed E-state index contributed by atoms with van der Waals surface area (Å²) in [5.41, 5.74) is 8.87. The van der Waals surface area contributed by atoms with E-state index in [0.29, 0.717) is 29.2 Å². The average Bonchev–Trinajstić information content (AvgIpc) is 2.82. The summed E-state index contributed by atoms with van der Waals surface area (Å²) in [6.45, 7) is 9.71. The standard InChI is InChI=1S/C28H41N5O.ClH/c1-28(2,3)15-17-30-16-14-25(21-10-6-4-7-11-21)33-20-22-18-26(31-19-24(22)32-27(33)29)34-23-12-8-5-9-13-23;/h5,8-9,12-13,18-19,21,25,30H,4,6-7,10-11,14-17,20H2,1-3H3,(H2,29,32);1H. The number of aromatic nitrogens is 1. The van der Waals surface area contributed by atoms with Crippen LogP contribution in [0.2, 0.25) is 0 Å². The van der Waals surface area contributed by atoms with Crippen molar-refractivity contribution >= 4 is 24.1 Å². The van der Waals surface area contributed by atoms with Crippen molar-refractivity contribution in [2.75, 3.05) is 13.1 Å². The van der Waals surface area contributed by atoms with Crippen molar-refractivity contribution in [2.24, 2.45) is 22.1 Å². The number of fused-ring (bicyclic) bond motifs is 1. The second-order valence-corrected chi connectivity index (χ2v) is 11.0. The fourth-order valence-corrected chi connectivity index (χ4v) is 5.10. The Labute approximate surface area is 217 Å². The lowest BCUT2D eigenvalue weighted by Crippen LogP contribution is -2.50. The lowest BCUT2D eigenvalue weighted by atomic mass is 9.81. The summed E-state index contributed by atoms with van der Waals surface area (Å²) < 4.78 is 5.98. The molecular weight excluding hydrogens is 458 g/mol. The Hall–Kier alpha value is -2.31. The molecule has 0 saturated heterocycles. The topological polar surface area (TPSA) is 75.8 Å². The van der Waals surface area contributed by atoms with Crippen LogP contribution >= 0.6 is 12.4 Å². The van der Waals surface area contributed by atoms with E-state index in [1.54, 1.807) is 6.20 Å². The van der Waals surface area contributed by atoms with E-state index >= 15 is 0 Å². The molecule has 1 saturated carbocycles. The Morgan fingerprint density at radius 3 is 2.57 bits per heavy atom. The third-order valence-corrected chi connectivity index (χ3v) is 7.04. The van der Waals surface area contributed by atoms with Crippen LogP contribution in [0.4, 0.5) is 5.69 Å². The van der Waals surface area contributed by atoms with Crippen molar-refractivity contribution in [3.63, 3.8) is 0 Å². The fraction of sp³-hybridized carbons (Fsp3) is 0.571. The molecule has 1 aromatic heterocycles. The quantitative estimate of drug-likeness (QED) is 0.389. The number of hydrogen-bond donors (Lipinski definition) is 2. The van der Waals surface area contributed by atoms with Gasteiger partial charge in [-0.25, -0.2) is 9.98 Å². The molecule has 0 bridgehead atoms. The van der Waals surface area contributed by atoms with Gasteiger partial charge in [0.05, 0.1) is 11.9 Å². The molecule has 2 aliphatic rings. The number of pyridine rings is 1. The molecule has 7 heteroatoms. The maximum absolute atomic E-state index is 6.55. The molecule has 0 amide bonds. The molecular formula is C28H42ClN5O. The number of ether oxygens (including phenoxy) is 1. The lowest BCUT2D eigenvalue weighted by Gasteiger charge is -2.41. The summed E-state index contributed by atoms with van der Waals surface area (Å²) in [7, 11) is 0. The molecule has 0 radical (unpaired) electrons. The van der Waals surface area contributed by atoms with Crippen LogP contribution in [0.25, 0.3) is 0 Å². The van der Waals surface area contributed by atoms with Gasteiger partial charge >= 0.3 is 0 Å². The number of para-hydroxylation sites is 1. The molecule has 1 aromatic carbocycles. The Balaban J connectivity index is 0.00000342. The predicted octanol–water partition coefficient (Wildman–Crippen LogP) is 6.42. The third kappa shape index (κ3) is 7.84. The highest BCUT2D eigenvalue weighted by molar-refractivity contribution is 5.85. The minimum atomic E-state index is 0. The Morgan fingerprint density at radius 1 is 1.11 bits per heavy atom. The zero-order chi connectivity index (χ0) is 24.0. The van der Waals surface area contributed by atoms with Crippen LogP contribution in [-0.2, 0) is 6.54 Å². The SMILES string of the molecule is CC(C)(C)CCNCCC(C1CCCCC1)N1Cc2cc(Oc3ccccc3)ncc2N=C1N.Cl. The average molecular weight is 500 g/mol. The second kappa shape index (κ2) is 12.6. The Kier molecular flexibility index (Phi) is 9.81. The first-order valence-corrected chi connectivity index (χ1v) is 12.9. The highest BCUT2D eigenvalue weighted by Gasteiger charge is 2.32. The molecule has 2 heterocycles. The van der Waals surface area contributed by atoms with Gasteiger partial charge in [0.2, 0.25) is 5.88 Å².